The fourth-order valence-corrected chi connectivity index (χ4v) is 5.57. The van der Waals surface area contributed by atoms with Gasteiger partial charge in [0.25, 0.3) is 0 Å². The van der Waals surface area contributed by atoms with Crippen LogP contribution in [0.15, 0.2) is 54.5 Å². The molecule has 0 saturated carbocycles. The second-order valence-corrected chi connectivity index (χ2v) is 12.8. The van der Waals surface area contributed by atoms with Crippen molar-refractivity contribution in [1.29, 1.82) is 0 Å². The second kappa shape index (κ2) is 19.6. The van der Waals surface area contributed by atoms with Gasteiger partial charge >= 0.3 is 24.1 Å². The molecule has 0 bridgehead atoms. The first-order chi connectivity index (χ1) is 27.0. The normalized spacial score (nSPS) is 11.6. The van der Waals surface area contributed by atoms with Gasteiger partial charge in [-0.15, -0.1) is 0 Å². The molecule has 6 aromatic rings. The average molecular weight is 825 g/mol. The van der Waals surface area contributed by atoms with Gasteiger partial charge in [-0.2, -0.15) is 36.3 Å². The quantitative estimate of drug-likeness (QED) is 0.0766. The van der Waals surface area contributed by atoms with Crippen LogP contribution in [-0.2, 0) is 43.1 Å². The molecule has 0 amide bonds. The fourth-order valence-electron chi connectivity index (χ4n) is 5.57. The highest BCUT2D eigenvalue weighted by Crippen LogP contribution is 2.35. The molecule has 58 heavy (non-hydrogen) atoms. The van der Waals surface area contributed by atoms with E-state index < -0.39 is 24.1 Å². The van der Waals surface area contributed by atoms with E-state index in [0.29, 0.717) is 78.2 Å². The number of alkyl halides is 6. The Bertz CT molecular complexity index is 2230. The number of nitrogens with zero attached hydrogens (tertiary/aromatic N) is 6. The van der Waals surface area contributed by atoms with Crippen LogP contribution in [0.1, 0.15) is 77.2 Å². The Morgan fingerprint density at radius 2 is 1.03 bits per heavy atom. The van der Waals surface area contributed by atoms with Crippen LogP contribution in [0, 0.1) is 27.7 Å². The van der Waals surface area contributed by atoms with E-state index in [1.54, 1.807) is 32.0 Å². The number of aliphatic hydroxyl groups is 1. The van der Waals surface area contributed by atoms with Crippen molar-refractivity contribution in [2.24, 2.45) is 0 Å². The van der Waals surface area contributed by atoms with Crippen molar-refractivity contribution < 1.29 is 63.8 Å². The van der Waals surface area contributed by atoms with Gasteiger partial charge in [-0.1, -0.05) is 28.1 Å². The zero-order valence-electron chi connectivity index (χ0n) is 31.4. The molecule has 20 heteroatoms. The van der Waals surface area contributed by atoms with Crippen molar-refractivity contribution in [3.8, 4) is 34.3 Å². The Morgan fingerprint density at radius 1 is 0.603 bits per heavy atom. The molecule has 0 atom stereocenters. The Kier molecular flexibility index (Phi) is 15.2. The van der Waals surface area contributed by atoms with Crippen LogP contribution < -0.4 is 9.47 Å². The number of aromatic nitrogens is 6. The molecule has 0 unspecified atom stereocenters. The molecule has 0 aliphatic carbocycles. The summed E-state index contributed by atoms with van der Waals surface area (Å²) in [5.74, 6) is -0.540. The summed E-state index contributed by atoms with van der Waals surface area (Å²) in [6, 6.07) is 10.1. The SMILES string of the molecule is C.COCc1cc(-c2noc(C(F)(F)F)n2)cc(C)c1OCCCc1cc(C)no1.Cc1cc(CCCOc2c(C)cc(-c3noc(C(F)(F)F)n3)cc2CO)on1. The monoisotopic (exact) mass is 824 g/mol. The summed E-state index contributed by atoms with van der Waals surface area (Å²) in [6.45, 7) is 7.87. The van der Waals surface area contributed by atoms with Gasteiger partial charge in [0, 0.05) is 54.3 Å². The van der Waals surface area contributed by atoms with E-state index >= 15 is 0 Å². The minimum atomic E-state index is -4.72. The summed E-state index contributed by atoms with van der Waals surface area (Å²) in [7, 11) is 1.52. The number of hydrogen-bond acceptors (Lipinski definition) is 14. The van der Waals surface area contributed by atoms with Crippen LogP contribution in [0.4, 0.5) is 26.3 Å². The Hall–Kier alpha value is -5.76. The van der Waals surface area contributed by atoms with E-state index in [2.05, 4.69) is 39.6 Å². The van der Waals surface area contributed by atoms with Crippen LogP contribution in [-0.4, -0.2) is 56.0 Å². The molecule has 0 saturated heterocycles. The first kappa shape index (κ1) is 44.9. The molecule has 0 spiro atoms. The Balaban J connectivity index is 0.000000252. The molecule has 0 radical (unpaired) electrons. The number of aliphatic hydroxyl groups excluding tert-OH is 1. The third-order valence-corrected chi connectivity index (χ3v) is 8.01. The Morgan fingerprint density at radius 3 is 1.40 bits per heavy atom. The van der Waals surface area contributed by atoms with E-state index in [1.165, 1.54) is 13.2 Å². The number of methoxy groups -OCH3 is 1. The standard InChI is InChI=1S/C19H20F3N3O4.C18H18F3N3O4.CH4/c1-11-7-13(17-23-18(29-25-17)19(20,21)22)9-14(10-26-3)16(11)27-6-4-5-15-8-12(2)24-28-15;1-10-6-12(16-22-17(28-24-16)18(19,20)21)8-13(9-25)15(10)26-5-3-4-14-7-11(2)23-27-14;/h7-9H,4-6,10H2,1-3H3;6-8,25H,3-5,9H2,1-2H3;1H4. The lowest BCUT2D eigenvalue weighted by atomic mass is 10.0. The van der Waals surface area contributed by atoms with E-state index in [1.807, 2.05) is 26.0 Å². The summed E-state index contributed by atoms with van der Waals surface area (Å²) in [4.78, 5) is 6.80. The number of hydrogen-bond donors (Lipinski definition) is 1. The highest BCUT2D eigenvalue weighted by atomic mass is 19.4. The summed E-state index contributed by atoms with van der Waals surface area (Å²) in [5, 5.41) is 24.1. The molecule has 4 heterocycles. The van der Waals surface area contributed by atoms with Crippen LogP contribution >= 0.6 is 0 Å². The van der Waals surface area contributed by atoms with Gasteiger partial charge in [0.05, 0.1) is 37.8 Å². The highest BCUT2D eigenvalue weighted by molar-refractivity contribution is 5.62. The van der Waals surface area contributed by atoms with Gasteiger partial charge in [-0.25, -0.2) is 0 Å². The van der Waals surface area contributed by atoms with Gasteiger partial charge < -0.3 is 37.4 Å². The summed E-state index contributed by atoms with van der Waals surface area (Å²) >= 11 is 0. The molecule has 6 rings (SSSR count). The van der Waals surface area contributed by atoms with Gasteiger partial charge in [-0.3, -0.25) is 0 Å². The minimum Gasteiger partial charge on any atom is -0.493 e. The van der Waals surface area contributed by atoms with Crippen LogP contribution in [0.5, 0.6) is 11.5 Å². The van der Waals surface area contributed by atoms with Crippen molar-refractivity contribution in [3.05, 3.63) is 93.3 Å². The van der Waals surface area contributed by atoms with Crippen LogP contribution in [0.25, 0.3) is 22.8 Å². The lowest BCUT2D eigenvalue weighted by Gasteiger charge is -2.15. The lowest BCUT2D eigenvalue weighted by Crippen LogP contribution is -2.05. The zero-order valence-corrected chi connectivity index (χ0v) is 31.4. The molecule has 314 valence electrons. The predicted molar refractivity (Wildman–Crippen MR) is 192 cm³/mol. The first-order valence-corrected chi connectivity index (χ1v) is 17.3. The Labute approximate surface area is 328 Å². The number of halogens is 6. The van der Waals surface area contributed by atoms with Crippen molar-refractivity contribution in [3.63, 3.8) is 0 Å². The van der Waals surface area contributed by atoms with Crippen molar-refractivity contribution in [1.82, 2.24) is 30.6 Å². The predicted octanol–water partition coefficient (Wildman–Crippen LogP) is 9.02. The highest BCUT2D eigenvalue weighted by Gasteiger charge is 2.39. The number of rotatable bonds is 15. The fraction of sp³-hybridized carbons (Fsp3) is 0.421. The number of benzene rings is 2. The first-order valence-electron chi connectivity index (χ1n) is 17.3. The molecule has 14 nitrogen and oxygen atoms in total. The maximum Gasteiger partial charge on any atom is 0.471 e. The minimum absolute atomic E-state index is 0. The van der Waals surface area contributed by atoms with E-state index in [9.17, 15) is 31.4 Å². The van der Waals surface area contributed by atoms with Crippen LogP contribution in [0.2, 0.25) is 0 Å². The van der Waals surface area contributed by atoms with E-state index in [4.69, 9.17) is 23.3 Å². The zero-order chi connectivity index (χ0) is 41.3. The molecule has 0 aliphatic heterocycles. The van der Waals surface area contributed by atoms with E-state index in [0.717, 1.165) is 28.5 Å². The topological polar surface area (TPSA) is 178 Å². The molecule has 2 aromatic carbocycles. The molecule has 1 N–H and O–H groups in total. The smallest absolute Gasteiger partial charge is 0.471 e. The number of ether oxygens (including phenoxy) is 3. The van der Waals surface area contributed by atoms with Crippen molar-refractivity contribution in [2.45, 2.75) is 86.4 Å². The lowest BCUT2D eigenvalue weighted by molar-refractivity contribution is -0.160. The largest absolute Gasteiger partial charge is 0.493 e. The summed E-state index contributed by atoms with van der Waals surface area (Å²) in [6.07, 6.45) is -6.70. The van der Waals surface area contributed by atoms with Gasteiger partial charge in [-0.05, 0) is 75.9 Å². The third kappa shape index (κ3) is 11.9. The number of aryl methyl sites for hydroxylation is 6. The van der Waals surface area contributed by atoms with Gasteiger partial charge in [0.2, 0.25) is 11.6 Å². The van der Waals surface area contributed by atoms with Gasteiger partial charge in [0.15, 0.2) is 0 Å². The maximum atomic E-state index is 12.7. The second-order valence-electron chi connectivity index (χ2n) is 12.8. The van der Waals surface area contributed by atoms with Crippen molar-refractivity contribution >= 4 is 0 Å². The van der Waals surface area contributed by atoms with Gasteiger partial charge in [0.1, 0.15) is 23.0 Å². The maximum absolute atomic E-state index is 12.7. The van der Waals surface area contributed by atoms with E-state index in [-0.39, 0.29) is 32.3 Å². The van der Waals surface area contributed by atoms with Crippen molar-refractivity contribution in [2.75, 3.05) is 20.3 Å². The summed E-state index contributed by atoms with van der Waals surface area (Å²) < 4.78 is 112. The molecular weight excluding hydrogens is 782 g/mol. The molecular formula is C38H42F6N6O8. The average Bonchev–Trinajstić information content (AvgIpc) is 3.98. The van der Waals surface area contributed by atoms with Crippen LogP contribution in [0.3, 0.4) is 0 Å². The molecule has 0 aliphatic rings. The third-order valence-electron chi connectivity index (χ3n) is 8.01. The molecule has 0 fully saturated rings. The molecule has 4 aromatic heterocycles. The summed E-state index contributed by atoms with van der Waals surface area (Å²) in [5.41, 5.74) is 4.77.